The Hall–Kier alpha value is -3.42. The Bertz CT molecular complexity index is 1240. The summed E-state index contributed by atoms with van der Waals surface area (Å²) < 4.78 is 4.64. The fourth-order valence-corrected chi connectivity index (χ4v) is 5.38. The average molecular weight is 468 g/mol. The first-order valence-corrected chi connectivity index (χ1v) is 12.4. The van der Waals surface area contributed by atoms with Gasteiger partial charge in [-0.3, -0.25) is 9.69 Å². The quantitative estimate of drug-likeness (QED) is 0.393. The van der Waals surface area contributed by atoms with Crippen LogP contribution in [0.4, 0.5) is 5.69 Å². The SMILES string of the molecule is CCSC1(C#Cc2ccccc2)C=C(c2ccccc2)N(c2ccc(OC)cc2)C(=O)C1(C)C. The third-order valence-electron chi connectivity index (χ3n) is 6.19. The number of hydrogen-bond acceptors (Lipinski definition) is 3. The monoisotopic (exact) mass is 467 g/mol. The fourth-order valence-electron chi connectivity index (χ4n) is 4.16. The van der Waals surface area contributed by atoms with Crippen LogP contribution in [0.5, 0.6) is 5.75 Å². The molecule has 0 bridgehead atoms. The van der Waals surface area contributed by atoms with Crippen molar-refractivity contribution in [2.75, 3.05) is 17.8 Å². The summed E-state index contributed by atoms with van der Waals surface area (Å²) in [5, 5.41) is 0. The predicted octanol–water partition coefficient (Wildman–Crippen LogP) is 6.65. The van der Waals surface area contributed by atoms with E-state index in [9.17, 15) is 4.79 Å². The number of amides is 1. The summed E-state index contributed by atoms with van der Waals surface area (Å²) in [4.78, 5) is 16.1. The minimum atomic E-state index is -0.770. The molecule has 4 rings (SSSR count). The second-order valence-electron chi connectivity index (χ2n) is 8.64. The molecule has 1 atom stereocenters. The van der Waals surface area contributed by atoms with Gasteiger partial charge in [-0.1, -0.05) is 67.3 Å². The number of ether oxygens (including phenoxy) is 1. The molecule has 0 saturated carbocycles. The van der Waals surface area contributed by atoms with Gasteiger partial charge in [-0.15, -0.1) is 11.8 Å². The second kappa shape index (κ2) is 9.83. The topological polar surface area (TPSA) is 29.5 Å². The lowest BCUT2D eigenvalue weighted by Crippen LogP contribution is -2.55. The molecule has 1 aliphatic rings. The van der Waals surface area contributed by atoms with Crippen molar-refractivity contribution in [3.05, 3.63) is 102 Å². The normalized spacial score (nSPS) is 19.1. The lowest BCUT2D eigenvalue weighted by Gasteiger charge is -2.47. The van der Waals surface area contributed by atoms with Gasteiger partial charge in [-0.25, -0.2) is 0 Å². The predicted molar refractivity (Wildman–Crippen MR) is 143 cm³/mol. The van der Waals surface area contributed by atoms with Crippen molar-refractivity contribution in [1.82, 2.24) is 0 Å². The molecular weight excluding hydrogens is 438 g/mol. The van der Waals surface area contributed by atoms with E-state index in [1.54, 1.807) is 18.9 Å². The molecule has 0 radical (unpaired) electrons. The third kappa shape index (κ3) is 4.36. The van der Waals surface area contributed by atoms with Gasteiger partial charge in [0, 0.05) is 11.3 Å². The number of benzene rings is 3. The van der Waals surface area contributed by atoms with Gasteiger partial charge in [0.25, 0.3) is 0 Å². The first-order valence-electron chi connectivity index (χ1n) is 11.4. The lowest BCUT2D eigenvalue weighted by molar-refractivity contribution is -0.126. The summed E-state index contributed by atoms with van der Waals surface area (Å²) in [5.41, 5.74) is 2.80. The highest BCUT2D eigenvalue weighted by Gasteiger charge is 2.54. The van der Waals surface area contributed by atoms with Crippen LogP contribution in [0, 0.1) is 17.3 Å². The standard InChI is InChI=1S/C30H29NO2S/c1-5-34-30(21-20-23-12-8-6-9-13-23)22-27(24-14-10-7-11-15-24)31(28(32)29(30,2)3)25-16-18-26(33-4)19-17-25/h6-19,22H,5H2,1-4H3. The Kier molecular flexibility index (Phi) is 6.86. The number of rotatable bonds is 5. The van der Waals surface area contributed by atoms with E-state index in [4.69, 9.17) is 4.74 Å². The van der Waals surface area contributed by atoms with Crippen LogP contribution in [0.15, 0.2) is 91.0 Å². The van der Waals surface area contributed by atoms with Gasteiger partial charge in [-0.05, 0) is 67.6 Å². The van der Waals surface area contributed by atoms with E-state index in [1.807, 2.05) is 104 Å². The highest BCUT2D eigenvalue weighted by Crippen LogP contribution is 2.51. The molecule has 34 heavy (non-hydrogen) atoms. The van der Waals surface area contributed by atoms with E-state index in [2.05, 4.69) is 24.8 Å². The summed E-state index contributed by atoms with van der Waals surface area (Å²) >= 11 is 1.71. The van der Waals surface area contributed by atoms with Gasteiger partial charge < -0.3 is 4.74 Å². The van der Waals surface area contributed by atoms with Crippen LogP contribution >= 0.6 is 11.8 Å². The van der Waals surface area contributed by atoms with Crippen molar-refractivity contribution in [2.24, 2.45) is 5.41 Å². The van der Waals surface area contributed by atoms with Gasteiger partial charge in [0.15, 0.2) is 0 Å². The molecule has 3 nitrogen and oxygen atoms in total. The third-order valence-corrected chi connectivity index (χ3v) is 7.66. The van der Waals surface area contributed by atoms with E-state index in [0.717, 1.165) is 34.0 Å². The smallest absolute Gasteiger partial charge is 0.239 e. The van der Waals surface area contributed by atoms with Gasteiger partial charge >= 0.3 is 0 Å². The van der Waals surface area contributed by atoms with Crippen molar-refractivity contribution in [1.29, 1.82) is 0 Å². The number of thioether (sulfide) groups is 1. The highest BCUT2D eigenvalue weighted by molar-refractivity contribution is 8.01. The van der Waals surface area contributed by atoms with Crippen molar-refractivity contribution < 1.29 is 9.53 Å². The molecule has 0 fully saturated rings. The number of methoxy groups -OCH3 is 1. The summed E-state index contributed by atoms with van der Waals surface area (Å²) in [6.07, 6.45) is 2.19. The van der Waals surface area contributed by atoms with Crippen LogP contribution in [0.1, 0.15) is 31.9 Å². The van der Waals surface area contributed by atoms with Crippen LogP contribution in [-0.2, 0) is 4.79 Å². The molecule has 172 valence electrons. The van der Waals surface area contributed by atoms with Crippen molar-refractivity contribution >= 4 is 29.1 Å². The Labute approximate surface area is 206 Å². The maximum absolute atomic E-state index is 14.3. The summed E-state index contributed by atoms with van der Waals surface area (Å²) in [6, 6.07) is 27.6. The highest BCUT2D eigenvalue weighted by atomic mass is 32.2. The largest absolute Gasteiger partial charge is 0.497 e. The summed E-state index contributed by atoms with van der Waals surface area (Å²) in [7, 11) is 1.64. The molecule has 4 heteroatoms. The van der Waals surface area contributed by atoms with Crippen LogP contribution in [-0.4, -0.2) is 23.5 Å². The Morgan fingerprint density at radius 2 is 1.53 bits per heavy atom. The van der Waals surface area contributed by atoms with Crippen LogP contribution < -0.4 is 9.64 Å². The summed E-state index contributed by atoms with van der Waals surface area (Å²) in [6.45, 7) is 6.13. The molecule has 0 spiro atoms. The molecule has 3 aromatic carbocycles. The molecule has 1 amide bonds. The van der Waals surface area contributed by atoms with E-state index < -0.39 is 10.2 Å². The van der Waals surface area contributed by atoms with Gasteiger partial charge in [0.2, 0.25) is 5.91 Å². The summed E-state index contributed by atoms with van der Waals surface area (Å²) in [5.74, 6) is 8.49. The average Bonchev–Trinajstić information content (AvgIpc) is 2.87. The van der Waals surface area contributed by atoms with E-state index in [1.165, 1.54) is 0 Å². The Morgan fingerprint density at radius 3 is 2.12 bits per heavy atom. The Morgan fingerprint density at radius 1 is 0.912 bits per heavy atom. The molecule has 1 heterocycles. The molecule has 3 aromatic rings. The maximum atomic E-state index is 14.3. The molecular formula is C30H29NO2S. The van der Waals surface area contributed by atoms with E-state index >= 15 is 0 Å². The zero-order valence-corrected chi connectivity index (χ0v) is 20.9. The molecule has 1 unspecified atom stereocenters. The van der Waals surface area contributed by atoms with Crippen LogP contribution in [0.2, 0.25) is 0 Å². The van der Waals surface area contributed by atoms with E-state index in [0.29, 0.717) is 0 Å². The molecule has 1 aliphatic heterocycles. The van der Waals surface area contributed by atoms with E-state index in [-0.39, 0.29) is 5.91 Å². The molecule has 0 aliphatic carbocycles. The molecule has 0 aromatic heterocycles. The first kappa shape index (κ1) is 23.7. The fraction of sp³-hybridized carbons (Fsp3) is 0.233. The van der Waals surface area contributed by atoms with Gasteiger partial charge in [-0.2, -0.15) is 0 Å². The zero-order valence-electron chi connectivity index (χ0n) is 20.0. The first-order chi connectivity index (χ1) is 16.4. The zero-order chi connectivity index (χ0) is 24.2. The Balaban J connectivity index is 1.95. The minimum Gasteiger partial charge on any atom is -0.497 e. The number of carbonyl (C=O) groups is 1. The molecule has 0 saturated heterocycles. The maximum Gasteiger partial charge on any atom is 0.239 e. The lowest BCUT2D eigenvalue weighted by atomic mass is 9.73. The van der Waals surface area contributed by atoms with Crippen LogP contribution in [0.25, 0.3) is 5.70 Å². The number of anilines is 1. The number of carbonyl (C=O) groups excluding carboxylic acids is 1. The number of hydrogen-bond donors (Lipinski definition) is 0. The van der Waals surface area contributed by atoms with Crippen LogP contribution in [0.3, 0.4) is 0 Å². The minimum absolute atomic E-state index is 0.0160. The molecule has 0 N–H and O–H groups in total. The van der Waals surface area contributed by atoms with Gasteiger partial charge in [0.1, 0.15) is 10.5 Å². The van der Waals surface area contributed by atoms with Crippen molar-refractivity contribution in [2.45, 2.75) is 25.5 Å². The van der Waals surface area contributed by atoms with Crippen molar-refractivity contribution in [3.8, 4) is 17.6 Å². The van der Waals surface area contributed by atoms with Crippen molar-refractivity contribution in [3.63, 3.8) is 0 Å². The number of nitrogens with zero attached hydrogens (tertiary/aromatic N) is 1. The van der Waals surface area contributed by atoms with Gasteiger partial charge in [0.05, 0.1) is 18.2 Å². The second-order valence-corrected chi connectivity index (χ2v) is 10.2.